The summed E-state index contributed by atoms with van der Waals surface area (Å²) in [6.45, 7) is 5.48. The van der Waals surface area contributed by atoms with Crippen LogP contribution in [0.15, 0.2) is 60.7 Å². The Balaban J connectivity index is 2.04. The van der Waals surface area contributed by atoms with Gasteiger partial charge in [0.2, 0.25) is 0 Å². The van der Waals surface area contributed by atoms with Gasteiger partial charge in [-0.3, -0.25) is 0 Å². The van der Waals surface area contributed by atoms with Crippen molar-refractivity contribution in [2.75, 3.05) is 0 Å². The van der Waals surface area contributed by atoms with E-state index >= 15 is 0 Å². The lowest BCUT2D eigenvalue weighted by Gasteiger charge is -2.18. The van der Waals surface area contributed by atoms with Crippen LogP contribution in [0.25, 0.3) is 22.7 Å². The van der Waals surface area contributed by atoms with Gasteiger partial charge in [-0.1, -0.05) is 18.2 Å². The molecular weight excluding hydrogens is 317 g/mol. The summed E-state index contributed by atoms with van der Waals surface area (Å²) < 4.78 is 20.6. The summed E-state index contributed by atoms with van der Waals surface area (Å²) in [6, 6.07) is 16.2. The van der Waals surface area contributed by atoms with Gasteiger partial charge >= 0.3 is 5.97 Å². The van der Waals surface area contributed by atoms with E-state index in [2.05, 4.69) is 0 Å². The summed E-state index contributed by atoms with van der Waals surface area (Å²) in [4.78, 5) is 12.0. The van der Waals surface area contributed by atoms with Crippen molar-refractivity contribution in [2.24, 2.45) is 0 Å². The van der Waals surface area contributed by atoms with Crippen molar-refractivity contribution >= 4 is 22.9 Å². The van der Waals surface area contributed by atoms with E-state index in [1.165, 1.54) is 18.2 Å². The summed E-state index contributed by atoms with van der Waals surface area (Å²) in [5.74, 6) is -0.686. The zero-order valence-corrected chi connectivity index (χ0v) is 14.5. The number of aromatic nitrogens is 1. The van der Waals surface area contributed by atoms with E-state index in [-0.39, 0.29) is 5.82 Å². The monoisotopic (exact) mass is 337 g/mol. The Hall–Kier alpha value is -2.88. The van der Waals surface area contributed by atoms with Crippen molar-refractivity contribution in [1.29, 1.82) is 0 Å². The van der Waals surface area contributed by atoms with Crippen LogP contribution in [0.5, 0.6) is 0 Å². The van der Waals surface area contributed by atoms with Gasteiger partial charge in [-0.15, -0.1) is 0 Å². The smallest absolute Gasteiger partial charge is 0.331 e. The molecule has 0 saturated heterocycles. The highest BCUT2D eigenvalue weighted by molar-refractivity contribution is 5.90. The predicted octanol–water partition coefficient (Wildman–Crippen LogP) is 5.12. The molecule has 128 valence electrons. The highest BCUT2D eigenvalue weighted by Crippen LogP contribution is 2.25. The van der Waals surface area contributed by atoms with Crippen molar-refractivity contribution in [3.05, 3.63) is 72.2 Å². The summed E-state index contributed by atoms with van der Waals surface area (Å²) >= 11 is 0. The molecule has 3 rings (SSSR count). The molecule has 2 aromatic carbocycles. The van der Waals surface area contributed by atoms with Gasteiger partial charge in [0.15, 0.2) is 0 Å². The van der Waals surface area contributed by atoms with Gasteiger partial charge in [-0.25, -0.2) is 9.18 Å². The molecule has 0 aliphatic carbocycles. The van der Waals surface area contributed by atoms with Crippen molar-refractivity contribution in [3.63, 3.8) is 0 Å². The molecule has 0 N–H and O–H groups in total. The number of rotatable bonds is 3. The Morgan fingerprint density at radius 3 is 2.44 bits per heavy atom. The molecule has 1 aromatic heterocycles. The lowest BCUT2D eigenvalue weighted by Crippen LogP contribution is -2.22. The average molecular weight is 337 g/mol. The maximum Gasteiger partial charge on any atom is 0.331 e. The topological polar surface area (TPSA) is 31.2 Å². The molecule has 0 atom stereocenters. The second kappa shape index (κ2) is 6.55. The average Bonchev–Trinajstić information content (AvgIpc) is 2.90. The summed E-state index contributed by atoms with van der Waals surface area (Å²) in [7, 11) is 0. The molecule has 0 bridgehead atoms. The molecular formula is C21H20FNO2. The van der Waals surface area contributed by atoms with E-state index < -0.39 is 11.6 Å². The third kappa shape index (κ3) is 3.97. The van der Waals surface area contributed by atoms with E-state index in [4.69, 9.17) is 4.74 Å². The van der Waals surface area contributed by atoms with E-state index in [0.29, 0.717) is 0 Å². The maximum atomic E-state index is 13.3. The van der Waals surface area contributed by atoms with E-state index in [0.717, 1.165) is 22.3 Å². The molecule has 1 heterocycles. The second-order valence-corrected chi connectivity index (χ2v) is 6.81. The summed E-state index contributed by atoms with van der Waals surface area (Å²) in [6.07, 6.45) is 3.14. The minimum Gasteiger partial charge on any atom is -0.457 e. The fourth-order valence-electron chi connectivity index (χ4n) is 2.67. The van der Waals surface area contributed by atoms with Gasteiger partial charge in [0.05, 0.1) is 5.52 Å². The minimum absolute atomic E-state index is 0.286. The first-order chi connectivity index (χ1) is 11.8. The Kier molecular flexibility index (Phi) is 4.45. The maximum absolute atomic E-state index is 13.3. The van der Waals surface area contributed by atoms with Crippen molar-refractivity contribution in [1.82, 2.24) is 4.57 Å². The van der Waals surface area contributed by atoms with Crippen LogP contribution >= 0.6 is 0 Å². The number of fused-ring (bicyclic) bond motifs is 1. The molecule has 0 saturated carbocycles. The molecule has 0 aliphatic rings. The minimum atomic E-state index is -0.537. The molecule has 0 radical (unpaired) electrons. The Bertz CT molecular complexity index is 931. The summed E-state index contributed by atoms with van der Waals surface area (Å²) in [5, 5.41) is 1.04. The predicted molar refractivity (Wildman–Crippen MR) is 98.1 cm³/mol. The first kappa shape index (κ1) is 17.0. The van der Waals surface area contributed by atoms with E-state index in [1.807, 2.05) is 55.7 Å². The zero-order chi connectivity index (χ0) is 18.0. The number of para-hydroxylation sites is 1. The highest BCUT2D eigenvalue weighted by atomic mass is 19.1. The van der Waals surface area contributed by atoms with E-state index in [1.54, 1.807) is 18.2 Å². The van der Waals surface area contributed by atoms with Crippen LogP contribution in [0.3, 0.4) is 0 Å². The van der Waals surface area contributed by atoms with Gasteiger partial charge in [0, 0.05) is 22.8 Å². The van der Waals surface area contributed by atoms with Gasteiger partial charge in [0.1, 0.15) is 11.4 Å². The molecule has 0 unspecified atom stereocenters. The Morgan fingerprint density at radius 1 is 1.08 bits per heavy atom. The van der Waals surface area contributed by atoms with Crippen molar-refractivity contribution in [3.8, 4) is 5.69 Å². The van der Waals surface area contributed by atoms with Crippen LogP contribution in [0.1, 0.15) is 26.5 Å². The van der Waals surface area contributed by atoms with Gasteiger partial charge in [-0.2, -0.15) is 0 Å². The molecule has 25 heavy (non-hydrogen) atoms. The lowest BCUT2D eigenvalue weighted by atomic mass is 10.2. The van der Waals surface area contributed by atoms with Crippen LogP contribution in [-0.4, -0.2) is 16.1 Å². The Morgan fingerprint density at radius 2 is 1.76 bits per heavy atom. The molecule has 3 aromatic rings. The number of nitrogens with zero attached hydrogens (tertiary/aromatic N) is 1. The van der Waals surface area contributed by atoms with Crippen LogP contribution < -0.4 is 0 Å². The first-order valence-electron chi connectivity index (χ1n) is 8.11. The fourth-order valence-corrected chi connectivity index (χ4v) is 2.67. The quantitative estimate of drug-likeness (QED) is 0.490. The number of halogens is 1. The van der Waals surface area contributed by atoms with Gasteiger partial charge in [-0.05, 0) is 63.2 Å². The van der Waals surface area contributed by atoms with Gasteiger partial charge < -0.3 is 9.30 Å². The third-order valence-electron chi connectivity index (χ3n) is 3.62. The van der Waals surface area contributed by atoms with Crippen LogP contribution in [0.2, 0.25) is 0 Å². The van der Waals surface area contributed by atoms with Crippen LogP contribution in [-0.2, 0) is 9.53 Å². The van der Waals surface area contributed by atoms with Crippen molar-refractivity contribution < 1.29 is 13.9 Å². The lowest BCUT2D eigenvalue weighted by molar-refractivity contribution is -0.148. The molecule has 0 spiro atoms. The largest absolute Gasteiger partial charge is 0.457 e. The number of carbonyl (C=O) groups is 1. The molecule has 0 amide bonds. The number of ether oxygens (including phenoxy) is 1. The molecule has 0 aliphatic heterocycles. The third-order valence-corrected chi connectivity index (χ3v) is 3.62. The number of hydrogen-bond acceptors (Lipinski definition) is 2. The SMILES string of the molecule is CC(C)(C)OC(=O)/C=C/c1cc2ccccc2n1-c1ccc(F)cc1. The highest BCUT2D eigenvalue weighted by Gasteiger charge is 2.14. The molecule has 4 heteroatoms. The first-order valence-corrected chi connectivity index (χ1v) is 8.11. The number of carbonyl (C=O) groups excluding carboxylic acids is 1. The summed E-state index contributed by atoms with van der Waals surface area (Å²) in [5.41, 5.74) is 2.09. The fraction of sp³-hybridized carbons (Fsp3) is 0.190. The Labute approximate surface area is 146 Å². The second-order valence-electron chi connectivity index (χ2n) is 6.81. The number of hydrogen-bond donors (Lipinski definition) is 0. The number of benzene rings is 2. The van der Waals surface area contributed by atoms with Gasteiger partial charge in [0.25, 0.3) is 0 Å². The van der Waals surface area contributed by atoms with Crippen LogP contribution in [0.4, 0.5) is 4.39 Å². The zero-order valence-electron chi connectivity index (χ0n) is 14.5. The van der Waals surface area contributed by atoms with E-state index in [9.17, 15) is 9.18 Å². The van der Waals surface area contributed by atoms with Crippen LogP contribution in [0, 0.1) is 5.82 Å². The molecule has 3 nitrogen and oxygen atoms in total. The standard InChI is InChI=1S/C21H20FNO2/c1-21(2,3)25-20(24)13-12-18-14-15-6-4-5-7-19(15)23(18)17-10-8-16(22)9-11-17/h4-14H,1-3H3/b13-12+. The number of esters is 1. The van der Waals surface area contributed by atoms with Crippen molar-refractivity contribution in [2.45, 2.75) is 26.4 Å². The molecule has 0 fully saturated rings. The normalized spacial score (nSPS) is 12.0.